The Morgan fingerprint density at radius 2 is 2.41 bits per heavy atom. The van der Waals surface area contributed by atoms with Crippen LogP contribution in [0.15, 0.2) is 12.3 Å². The van der Waals surface area contributed by atoms with Gasteiger partial charge in [0.05, 0.1) is 5.69 Å². The third-order valence-corrected chi connectivity index (χ3v) is 3.30. The zero-order valence-electron chi connectivity index (χ0n) is 10.8. The minimum atomic E-state index is 0.428. The van der Waals surface area contributed by atoms with Crippen molar-refractivity contribution in [1.82, 2.24) is 20.0 Å². The van der Waals surface area contributed by atoms with Crippen molar-refractivity contribution in [2.75, 3.05) is 26.2 Å². The zero-order valence-corrected chi connectivity index (χ0v) is 10.8. The van der Waals surface area contributed by atoms with E-state index in [-0.39, 0.29) is 0 Å². The van der Waals surface area contributed by atoms with Crippen LogP contribution in [0.25, 0.3) is 0 Å². The van der Waals surface area contributed by atoms with Gasteiger partial charge in [-0.2, -0.15) is 5.10 Å². The molecule has 1 fully saturated rings. The third-order valence-electron chi connectivity index (χ3n) is 3.30. The summed E-state index contributed by atoms with van der Waals surface area (Å²) in [6, 6.07) is 2.97. The molecule has 0 aliphatic carbocycles. The lowest BCUT2D eigenvalue weighted by atomic mass is 10.2. The van der Waals surface area contributed by atoms with Gasteiger partial charge in [-0.05, 0) is 19.9 Å². The molecule has 1 aliphatic rings. The largest absolute Gasteiger partial charge is 0.329 e. The van der Waals surface area contributed by atoms with Crippen LogP contribution in [-0.4, -0.2) is 46.9 Å². The van der Waals surface area contributed by atoms with E-state index in [9.17, 15) is 0 Å². The molecule has 2 heterocycles. The Kier molecular flexibility index (Phi) is 4.15. The van der Waals surface area contributed by atoms with Gasteiger partial charge in [0, 0.05) is 51.0 Å². The van der Waals surface area contributed by atoms with Crippen LogP contribution >= 0.6 is 0 Å². The first-order chi connectivity index (χ1) is 8.20. The van der Waals surface area contributed by atoms with Gasteiger partial charge in [0.25, 0.3) is 0 Å². The predicted octanol–water partition coefficient (Wildman–Crippen LogP) is 0.197. The molecule has 1 aromatic rings. The maximum atomic E-state index is 5.79. The Hall–Kier alpha value is -0.910. The number of rotatable bonds is 4. The Morgan fingerprint density at radius 1 is 1.59 bits per heavy atom. The Bertz CT molecular complexity index is 346. The first-order valence-electron chi connectivity index (χ1n) is 6.39. The number of nitrogens with zero attached hydrogens (tertiary/aromatic N) is 3. The molecule has 0 saturated carbocycles. The summed E-state index contributed by atoms with van der Waals surface area (Å²) >= 11 is 0. The van der Waals surface area contributed by atoms with Crippen LogP contribution in [0.4, 0.5) is 0 Å². The second-order valence-electron chi connectivity index (χ2n) is 4.94. The number of nitrogens with one attached hydrogen (secondary N) is 1. The molecular weight excluding hydrogens is 214 g/mol. The van der Waals surface area contributed by atoms with E-state index in [2.05, 4.69) is 41.4 Å². The lowest BCUT2D eigenvalue weighted by Crippen LogP contribution is -2.53. The summed E-state index contributed by atoms with van der Waals surface area (Å²) in [5.41, 5.74) is 6.93. The summed E-state index contributed by atoms with van der Waals surface area (Å²) in [4.78, 5) is 2.42. The predicted molar refractivity (Wildman–Crippen MR) is 68.7 cm³/mol. The van der Waals surface area contributed by atoms with E-state index in [1.807, 2.05) is 4.68 Å². The average Bonchev–Trinajstić information content (AvgIpc) is 2.78. The summed E-state index contributed by atoms with van der Waals surface area (Å²) in [5.74, 6) is 0. The molecule has 2 rings (SSSR count). The van der Waals surface area contributed by atoms with Crippen LogP contribution in [0.5, 0.6) is 0 Å². The van der Waals surface area contributed by atoms with Gasteiger partial charge in [0.1, 0.15) is 0 Å². The molecule has 0 amide bonds. The van der Waals surface area contributed by atoms with Crippen molar-refractivity contribution < 1.29 is 0 Å². The second-order valence-corrected chi connectivity index (χ2v) is 4.94. The third kappa shape index (κ3) is 3.06. The minimum Gasteiger partial charge on any atom is -0.329 e. The molecule has 1 aliphatic heterocycles. The molecule has 1 aromatic heterocycles. The molecule has 0 radical (unpaired) electrons. The molecule has 3 N–H and O–H groups in total. The van der Waals surface area contributed by atoms with E-state index in [4.69, 9.17) is 5.73 Å². The van der Waals surface area contributed by atoms with Gasteiger partial charge in [0.2, 0.25) is 0 Å². The van der Waals surface area contributed by atoms with Crippen molar-refractivity contribution >= 4 is 0 Å². The summed E-state index contributed by atoms with van der Waals surface area (Å²) in [7, 11) is 0. The molecule has 1 unspecified atom stereocenters. The number of piperazine rings is 1. The molecule has 1 atom stereocenters. The van der Waals surface area contributed by atoms with E-state index in [1.54, 1.807) is 0 Å². The monoisotopic (exact) mass is 237 g/mol. The van der Waals surface area contributed by atoms with Crippen molar-refractivity contribution in [2.45, 2.75) is 32.5 Å². The molecule has 0 bridgehead atoms. The first kappa shape index (κ1) is 12.5. The van der Waals surface area contributed by atoms with Gasteiger partial charge in [-0.3, -0.25) is 9.58 Å². The van der Waals surface area contributed by atoms with Gasteiger partial charge in [-0.15, -0.1) is 0 Å². The topological polar surface area (TPSA) is 59.1 Å². The van der Waals surface area contributed by atoms with Crippen LogP contribution in [0, 0.1) is 0 Å². The number of aromatic nitrogens is 2. The highest BCUT2D eigenvalue weighted by molar-refractivity contribution is 5.00. The molecule has 5 heteroatoms. The van der Waals surface area contributed by atoms with E-state index < -0.39 is 0 Å². The quantitative estimate of drug-likeness (QED) is 0.785. The SMILES string of the molecule is CC(C)n1ccc(CN2CCNCC2CN)n1. The lowest BCUT2D eigenvalue weighted by molar-refractivity contribution is 0.155. The standard InChI is InChI=1S/C12H23N5/c1-10(2)17-5-3-11(15-17)9-16-6-4-14-8-12(16)7-13/h3,5,10,12,14H,4,6-9,13H2,1-2H3. The molecule has 96 valence electrons. The Labute approximate surface area is 103 Å². The van der Waals surface area contributed by atoms with Gasteiger partial charge in [0.15, 0.2) is 0 Å². The van der Waals surface area contributed by atoms with Gasteiger partial charge in [-0.1, -0.05) is 0 Å². The Balaban J connectivity index is 1.98. The molecule has 5 nitrogen and oxygen atoms in total. The van der Waals surface area contributed by atoms with Gasteiger partial charge < -0.3 is 11.1 Å². The van der Waals surface area contributed by atoms with Crippen molar-refractivity contribution in [2.24, 2.45) is 5.73 Å². The van der Waals surface area contributed by atoms with E-state index in [0.29, 0.717) is 18.6 Å². The molecule has 1 saturated heterocycles. The van der Waals surface area contributed by atoms with Gasteiger partial charge in [-0.25, -0.2) is 0 Å². The van der Waals surface area contributed by atoms with Crippen molar-refractivity contribution in [3.8, 4) is 0 Å². The fourth-order valence-corrected chi connectivity index (χ4v) is 2.20. The number of hydrogen-bond acceptors (Lipinski definition) is 4. The van der Waals surface area contributed by atoms with Crippen LogP contribution in [0.2, 0.25) is 0 Å². The van der Waals surface area contributed by atoms with Crippen LogP contribution in [0.3, 0.4) is 0 Å². The van der Waals surface area contributed by atoms with Crippen molar-refractivity contribution in [3.05, 3.63) is 18.0 Å². The summed E-state index contributed by atoms with van der Waals surface area (Å²) in [6.45, 7) is 8.98. The highest BCUT2D eigenvalue weighted by Crippen LogP contribution is 2.10. The summed E-state index contributed by atoms with van der Waals surface area (Å²) in [5, 5.41) is 7.96. The fraction of sp³-hybridized carbons (Fsp3) is 0.750. The fourth-order valence-electron chi connectivity index (χ4n) is 2.20. The maximum absolute atomic E-state index is 5.79. The molecule has 17 heavy (non-hydrogen) atoms. The van der Waals surface area contributed by atoms with Crippen molar-refractivity contribution in [1.29, 1.82) is 0 Å². The summed E-state index contributed by atoms with van der Waals surface area (Å²) < 4.78 is 2.01. The highest BCUT2D eigenvalue weighted by Gasteiger charge is 2.21. The highest BCUT2D eigenvalue weighted by atomic mass is 15.3. The lowest BCUT2D eigenvalue weighted by Gasteiger charge is -2.34. The van der Waals surface area contributed by atoms with E-state index in [1.165, 1.54) is 0 Å². The molecular formula is C12H23N5. The number of nitrogens with two attached hydrogens (primary N) is 1. The van der Waals surface area contributed by atoms with E-state index in [0.717, 1.165) is 31.9 Å². The maximum Gasteiger partial charge on any atom is 0.0765 e. The smallest absolute Gasteiger partial charge is 0.0765 e. The van der Waals surface area contributed by atoms with Crippen LogP contribution < -0.4 is 11.1 Å². The van der Waals surface area contributed by atoms with Crippen LogP contribution in [0.1, 0.15) is 25.6 Å². The molecule has 0 aromatic carbocycles. The van der Waals surface area contributed by atoms with E-state index >= 15 is 0 Å². The minimum absolute atomic E-state index is 0.428. The summed E-state index contributed by atoms with van der Waals surface area (Å²) in [6.07, 6.45) is 2.06. The second kappa shape index (κ2) is 5.62. The molecule has 0 spiro atoms. The first-order valence-corrected chi connectivity index (χ1v) is 6.39. The Morgan fingerprint density at radius 3 is 3.06 bits per heavy atom. The van der Waals surface area contributed by atoms with Gasteiger partial charge >= 0.3 is 0 Å². The van der Waals surface area contributed by atoms with Crippen molar-refractivity contribution in [3.63, 3.8) is 0 Å². The average molecular weight is 237 g/mol. The zero-order chi connectivity index (χ0) is 12.3. The van der Waals surface area contributed by atoms with Crippen LogP contribution in [-0.2, 0) is 6.54 Å². The number of hydrogen-bond donors (Lipinski definition) is 2. The normalized spacial score (nSPS) is 22.2.